The Morgan fingerprint density at radius 1 is 1.16 bits per heavy atom. The Labute approximate surface area is 115 Å². The summed E-state index contributed by atoms with van der Waals surface area (Å²) in [6.45, 7) is 4.32. The number of para-hydroxylation sites is 1. The molecule has 1 aromatic rings. The Hall–Kier alpha value is -1.10. The fourth-order valence-corrected chi connectivity index (χ4v) is 2.48. The topological polar surface area (TPSA) is 44.7 Å². The molecule has 106 valence electrons. The van der Waals surface area contributed by atoms with Crippen LogP contribution in [0.1, 0.15) is 12.8 Å². The minimum Gasteiger partial charge on any atom is -0.394 e. The number of hydrogen-bond donors (Lipinski definition) is 2. The van der Waals surface area contributed by atoms with Gasteiger partial charge in [0.05, 0.1) is 19.8 Å². The van der Waals surface area contributed by atoms with Crippen LogP contribution >= 0.6 is 0 Å². The lowest BCUT2D eigenvalue weighted by Crippen LogP contribution is -2.43. The maximum Gasteiger partial charge on any atom is 0.0698 e. The van der Waals surface area contributed by atoms with Gasteiger partial charge in [0.15, 0.2) is 0 Å². The predicted molar refractivity (Wildman–Crippen MR) is 77.6 cm³/mol. The maximum atomic E-state index is 8.60. The molecule has 0 unspecified atom stereocenters. The van der Waals surface area contributed by atoms with Crippen molar-refractivity contribution in [1.29, 1.82) is 0 Å². The van der Waals surface area contributed by atoms with E-state index < -0.39 is 0 Å². The van der Waals surface area contributed by atoms with Gasteiger partial charge < -0.3 is 20.1 Å². The zero-order chi connectivity index (χ0) is 13.3. The van der Waals surface area contributed by atoms with Crippen LogP contribution in [-0.2, 0) is 4.74 Å². The largest absolute Gasteiger partial charge is 0.394 e. The van der Waals surface area contributed by atoms with E-state index in [0.29, 0.717) is 19.3 Å². The monoisotopic (exact) mass is 264 g/mol. The van der Waals surface area contributed by atoms with Crippen molar-refractivity contribution in [2.24, 2.45) is 0 Å². The van der Waals surface area contributed by atoms with Crippen LogP contribution in [0.4, 0.5) is 5.69 Å². The van der Waals surface area contributed by atoms with Crippen molar-refractivity contribution in [3.8, 4) is 0 Å². The number of anilines is 1. The van der Waals surface area contributed by atoms with Gasteiger partial charge in [-0.2, -0.15) is 0 Å². The summed E-state index contributed by atoms with van der Waals surface area (Å²) in [6.07, 6.45) is 2.35. The second-order valence-corrected chi connectivity index (χ2v) is 4.89. The second-order valence-electron chi connectivity index (χ2n) is 4.89. The molecule has 1 saturated heterocycles. The van der Waals surface area contributed by atoms with Crippen molar-refractivity contribution < 1.29 is 9.84 Å². The number of hydrogen-bond acceptors (Lipinski definition) is 4. The summed E-state index contributed by atoms with van der Waals surface area (Å²) in [4.78, 5) is 2.44. The van der Waals surface area contributed by atoms with Crippen LogP contribution in [0.5, 0.6) is 0 Å². The highest BCUT2D eigenvalue weighted by atomic mass is 16.5. The molecule has 0 aliphatic carbocycles. The highest BCUT2D eigenvalue weighted by Crippen LogP contribution is 2.19. The molecule has 1 aliphatic rings. The fraction of sp³-hybridized carbons (Fsp3) is 0.600. The first-order chi connectivity index (χ1) is 9.40. The van der Waals surface area contributed by atoms with Gasteiger partial charge in [-0.1, -0.05) is 18.2 Å². The number of ether oxygens (including phenoxy) is 1. The molecule has 4 heteroatoms. The van der Waals surface area contributed by atoms with Crippen LogP contribution in [0.25, 0.3) is 0 Å². The summed E-state index contributed by atoms with van der Waals surface area (Å²) in [5.74, 6) is 0. The predicted octanol–water partition coefficient (Wildman–Crippen LogP) is 1.25. The highest BCUT2D eigenvalue weighted by molar-refractivity contribution is 5.46. The van der Waals surface area contributed by atoms with E-state index in [0.717, 1.165) is 19.6 Å². The van der Waals surface area contributed by atoms with E-state index in [2.05, 4.69) is 40.5 Å². The van der Waals surface area contributed by atoms with Crippen LogP contribution in [0.2, 0.25) is 0 Å². The molecule has 0 radical (unpaired) electrons. The summed E-state index contributed by atoms with van der Waals surface area (Å²) < 4.78 is 5.24. The summed E-state index contributed by atoms with van der Waals surface area (Å²) >= 11 is 0. The zero-order valence-corrected chi connectivity index (χ0v) is 11.4. The summed E-state index contributed by atoms with van der Waals surface area (Å²) in [5.41, 5.74) is 1.33. The smallest absolute Gasteiger partial charge is 0.0698 e. The van der Waals surface area contributed by atoms with Gasteiger partial charge in [0.2, 0.25) is 0 Å². The van der Waals surface area contributed by atoms with E-state index in [1.54, 1.807) is 0 Å². The number of nitrogens with one attached hydrogen (secondary N) is 1. The molecule has 0 bridgehead atoms. The zero-order valence-electron chi connectivity index (χ0n) is 11.4. The number of nitrogens with zero attached hydrogens (tertiary/aromatic N) is 1. The standard InChI is InChI=1S/C15H24N2O2/c18-11-13-19-12-8-16-14-6-9-17(10-7-14)15-4-2-1-3-5-15/h1-5,14,16,18H,6-13H2. The first-order valence-corrected chi connectivity index (χ1v) is 7.12. The lowest BCUT2D eigenvalue weighted by Gasteiger charge is -2.34. The molecule has 4 nitrogen and oxygen atoms in total. The Morgan fingerprint density at radius 3 is 2.58 bits per heavy atom. The van der Waals surface area contributed by atoms with Gasteiger partial charge in [-0.3, -0.25) is 0 Å². The van der Waals surface area contributed by atoms with Gasteiger partial charge in [-0.15, -0.1) is 0 Å². The van der Waals surface area contributed by atoms with E-state index in [1.807, 2.05) is 0 Å². The first-order valence-electron chi connectivity index (χ1n) is 7.12. The maximum absolute atomic E-state index is 8.60. The number of aliphatic hydroxyl groups excluding tert-OH is 1. The van der Waals surface area contributed by atoms with Crippen molar-refractivity contribution in [1.82, 2.24) is 5.32 Å². The van der Waals surface area contributed by atoms with Crippen molar-refractivity contribution >= 4 is 5.69 Å². The van der Waals surface area contributed by atoms with E-state index in [4.69, 9.17) is 9.84 Å². The summed E-state index contributed by atoms with van der Waals surface area (Å²) in [5, 5.41) is 12.1. The molecule has 0 amide bonds. The Kier molecular flexibility index (Phi) is 6.14. The average molecular weight is 264 g/mol. The Bertz CT molecular complexity index is 337. The molecular weight excluding hydrogens is 240 g/mol. The third kappa shape index (κ3) is 4.82. The summed E-state index contributed by atoms with van der Waals surface area (Å²) in [7, 11) is 0. The van der Waals surface area contributed by atoms with Gasteiger partial charge in [0.25, 0.3) is 0 Å². The van der Waals surface area contributed by atoms with Crippen molar-refractivity contribution in [2.45, 2.75) is 18.9 Å². The van der Waals surface area contributed by atoms with Crippen LogP contribution in [-0.4, -0.2) is 50.6 Å². The van der Waals surface area contributed by atoms with E-state index in [9.17, 15) is 0 Å². The fourth-order valence-electron chi connectivity index (χ4n) is 2.48. The molecule has 1 aromatic carbocycles. The van der Waals surface area contributed by atoms with E-state index in [1.165, 1.54) is 18.5 Å². The SMILES string of the molecule is OCCOCCNC1CCN(c2ccccc2)CC1. The quantitative estimate of drug-likeness (QED) is 0.728. The molecular formula is C15H24N2O2. The molecule has 1 heterocycles. The molecule has 0 spiro atoms. The molecule has 2 N–H and O–H groups in total. The van der Waals surface area contributed by atoms with Crippen molar-refractivity contribution in [3.63, 3.8) is 0 Å². The lowest BCUT2D eigenvalue weighted by molar-refractivity contribution is 0.0921. The van der Waals surface area contributed by atoms with Crippen molar-refractivity contribution in [3.05, 3.63) is 30.3 Å². The number of rotatable bonds is 7. The molecule has 2 rings (SSSR count). The minimum absolute atomic E-state index is 0.107. The molecule has 0 atom stereocenters. The summed E-state index contributed by atoms with van der Waals surface area (Å²) in [6, 6.07) is 11.2. The molecule has 0 saturated carbocycles. The van der Waals surface area contributed by atoms with Crippen molar-refractivity contribution in [2.75, 3.05) is 44.4 Å². The van der Waals surface area contributed by atoms with Gasteiger partial charge in [-0.25, -0.2) is 0 Å². The molecule has 1 fully saturated rings. The second kappa shape index (κ2) is 8.15. The minimum atomic E-state index is 0.107. The number of aliphatic hydroxyl groups is 1. The Morgan fingerprint density at radius 2 is 1.89 bits per heavy atom. The van der Waals surface area contributed by atoms with Gasteiger partial charge in [-0.05, 0) is 25.0 Å². The van der Waals surface area contributed by atoms with Gasteiger partial charge in [0.1, 0.15) is 0 Å². The van der Waals surface area contributed by atoms with Crippen LogP contribution in [0.3, 0.4) is 0 Å². The average Bonchev–Trinajstić information content (AvgIpc) is 2.49. The van der Waals surface area contributed by atoms with Crippen LogP contribution < -0.4 is 10.2 Å². The van der Waals surface area contributed by atoms with Crippen LogP contribution in [0, 0.1) is 0 Å². The lowest BCUT2D eigenvalue weighted by atomic mass is 10.0. The third-order valence-electron chi connectivity index (χ3n) is 3.53. The Balaban J connectivity index is 1.63. The van der Waals surface area contributed by atoms with Gasteiger partial charge >= 0.3 is 0 Å². The molecule has 1 aliphatic heterocycles. The number of piperidine rings is 1. The molecule has 0 aromatic heterocycles. The molecule has 19 heavy (non-hydrogen) atoms. The van der Waals surface area contributed by atoms with E-state index >= 15 is 0 Å². The van der Waals surface area contributed by atoms with Crippen LogP contribution in [0.15, 0.2) is 30.3 Å². The highest BCUT2D eigenvalue weighted by Gasteiger charge is 2.18. The van der Waals surface area contributed by atoms with Gasteiger partial charge in [0, 0.05) is 31.4 Å². The number of benzene rings is 1. The van der Waals surface area contributed by atoms with E-state index in [-0.39, 0.29) is 6.61 Å². The third-order valence-corrected chi connectivity index (χ3v) is 3.53. The normalized spacial score (nSPS) is 16.8. The first kappa shape index (κ1) is 14.3.